The topological polar surface area (TPSA) is 102 Å². The molecule has 0 aromatic rings. The van der Waals surface area contributed by atoms with Gasteiger partial charge in [-0.25, -0.2) is 0 Å². The van der Waals surface area contributed by atoms with E-state index in [1.165, 1.54) is 64.2 Å². The highest BCUT2D eigenvalue weighted by molar-refractivity contribution is 5.70. The lowest BCUT2D eigenvalue weighted by Gasteiger charge is -2.34. The van der Waals surface area contributed by atoms with Gasteiger partial charge in [0.2, 0.25) is 0 Å². The molecular weight excluding hydrogens is 763 g/mol. The van der Waals surface area contributed by atoms with E-state index in [1.54, 1.807) is 21.1 Å². The predicted molar refractivity (Wildman–Crippen MR) is 254 cm³/mol. The number of carboxylic acids is 1. The number of unbranched alkanes of at least 4 members (excludes halogenated alkanes) is 14. The maximum Gasteiger partial charge on any atom is 0.306 e. The van der Waals surface area contributed by atoms with Gasteiger partial charge in [0.25, 0.3) is 0 Å². The zero-order chi connectivity index (χ0) is 44.9. The number of carbonyl (C=O) groups is 3. The SMILES string of the molecule is CC/C=C/C/C=C/C/C=C/C/C=C/CCCCCCCCCC(=O)OCC(COCCC(C(=O)[O-])[N+](C)(C)C)OC(=O)CCC/C=C/C/C=C/C/C=C/CCCCCCCC. The standard InChI is InChI=1S/C53H89NO7/c1-6-8-10-12-14-16-18-20-22-24-25-26-28-29-31-33-35-37-39-41-43-51(55)60-48-49(47-59-46-45-50(53(57)58)54(3,4)5)61-52(56)44-42-40-38-36-34-32-30-27-23-21-19-17-15-13-11-9-7-2/h8,10,14,16,20-23,25-26,30,32,36,38,49-50H,6-7,9,11-13,15,17-19,24,27-29,31,33-35,37,39-48H2,1-5H3/b10-8+,16-14+,22-20+,23-21+,26-25+,32-30+,38-36+. The molecule has 61 heavy (non-hydrogen) atoms. The molecule has 0 aliphatic heterocycles. The summed E-state index contributed by atoms with van der Waals surface area (Å²) in [5.74, 6) is -1.82. The molecule has 0 aromatic carbocycles. The van der Waals surface area contributed by atoms with Crippen LogP contribution in [0.3, 0.4) is 0 Å². The van der Waals surface area contributed by atoms with Crippen molar-refractivity contribution in [2.75, 3.05) is 41.0 Å². The molecule has 8 heteroatoms. The molecule has 0 fully saturated rings. The van der Waals surface area contributed by atoms with Crippen LogP contribution in [0.1, 0.15) is 181 Å². The first-order chi connectivity index (χ1) is 29.6. The van der Waals surface area contributed by atoms with Crippen LogP contribution in [0.5, 0.6) is 0 Å². The number of likely N-dealkylation sites (N-methyl/N-ethyl adjacent to an activating group) is 1. The van der Waals surface area contributed by atoms with Crippen LogP contribution in [0.4, 0.5) is 0 Å². The van der Waals surface area contributed by atoms with Gasteiger partial charge in [-0.2, -0.15) is 0 Å². The molecule has 0 aliphatic carbocycles. The zero-order valence-corrected chi connectivity index (χ0v) is 39.5. The van der Waals surface area contributed by atoms with Crippen molar-refractivity contribution in [3.8, 4) is 0 Å². The number of aliphatic carboxylic acids is 1. The summed E-state index contributed by atoms with van der Waals surface area (Å²) in [6, 6.07) is -0.741. The summed E-state index contributed by atoms with van der Waals surface area (Å²) >= 11 is 0. The Hall–Kier alpha value is -3.49. The highest BCUT2D eigenvalue weighted by atomic mass is 16.6. The molecule has 0 bridgehead atoms. The Kier molecular flexibility index (Phi) is 40.7. The largest absolute Gasteiger partial charge is 0.544 e. The molecule has 2 atom stereocenters. The molecule has 2 unspecified atom stereocenters. The summed E-state index contributed by atoms with van der Waals surface area (Å²) < 4.78 is 17.1. The second kappa shape index (κ2) is 43.2. The molecule has 0 spiro atoms. The van der Waals surface area contributed by atoms with Gasteiger partial charge in [-0.3, -0.25) is 9.59 Å². The number of carbonyl (C=O) groups excluding carboxylic acids is 3. The van der Waals surface area contributed by atoms with Crippen molar-refractivity contribution in [2.45, 2.75) is 193 Å². The highest BCUT2D eigenvalue weighted by Crippen LogP contribution is 2.13. The molecule has 0 saturated heterocycles. The van der Waals surface area contributed by atoms with E-state index in [2.05, 4.69) is 98.9 Å². The summed E-state index contributed by atoms with van der Waals surface area (Å²) in [4.78, 5) is 36.9. The molecule has 0 amide bonds. The molecule has 0 rings (SSSR count). The number of allylic oxidation sites excluding steroid dienone is 14. The van der Waals surface area contributed by atoms with Crippen LogP contribution in [0.15, 0.2) is 85.1 Å². The first-order valence-electron chi connectivity index (χ1n) is 24.1. The summed E-state index contributed by atoms with van der Waals surface area (Å²) in [5, 5.41) is 11.6. The Morgan fingerprint density at radius 1 is 0.508 bits per heavy atom. The van der Waals surface area contributed by atoms with Crippen LogP contribution in [0, 0.1) is 0 Å². The maximum absolute atomic E-state index is 12.7. The minimum Gasteiger partial charge on any atom is -0.544 e. The van der Waals surface area contributed by atoms with Crippen molar-refractivity contribution in [1.82, 2.24) is 0 Å². The van der Waals surface area contributed by atoms with Gasteiger partial charge in [-0.15, -0.1) is 0 Å². The van der Waals surface area contributed by atoms with Crippen molar-refractivity contribution in [3.05, 3.63) is 85.1 Å². The smallest absolute Gasteiger partial charge is 0.306 e. The molecule has 0 saturated carbocycles. The molecule has 0 heterocycles. The second-order valence-electron chi connectivity index (χ2n) is 17.0. The summed E-state index contributed by atoms with van der Waals surface area (Å²) in [6.07, 6.45) is 56.2. The quantitative estimate of drug-likeness (QED) is 0.0261. The zero-order valence-electron chi connectivity index (χ0n) is 39.5. The van der Waals surface area contributed by atoms with E-state index < -0.39 is 18.1 Å². The molecule has 0 aromatic heterocycles. The molecule has 0 aliphatic rings. The summed E-state index contributed by atoms with van der Waals surface area (Å²) in [6.45, 7) is 4.47. The Balaban J connectivity index is 4.39. The highest BCUT2D eigenvalue weighted by Gasteiger charge is 2.25. The minimum atomic E-state index is -1.14. The van der Waals surface area contributed by atoms with Crippen molar-refractivity contribution < 1.29 is 38.2 Å². The van der Waals surface area contributed by atoms with Crippen LogP contribution in [0.25, 0.3) is 0 Å². The molecule has 8 nitrogen and oxygen atoms in total. The lowest BCUT2D eigenvalue weighted by atomic mass is 10.1. The van der Waals surface area contributed by atoms with Gasteiger partial charge < -0.3 is 28.6 Å². The number of rotatable bonds is 42. The summed E-state index contributed by atoms with van der Waals surface area (Å²) in [5.41, 5.74) is 0. The van der Waals surface area contributed by atoms with E-state index in [1.807, 2.05) is 0 Å². The number of carboxylic acid groups (broad SMARTS) is 1. The van der Waals surface area contributed by atoms with Crippen LogP contribution < -0.4 is 5.11 Å². The van der Waals surface area contributed by atoms with Gasteiger partial charge in [-0.1, -0.05) is 163 Å². The van der Waals surface area contributed by atoms with Crippen LogP contribution in [0.2, 0.25) is 0 Å². The lowest BCUT2D eigenvalue weighted by Crippen LogP contribution is -2.55. The third-order valence-electron chi connectivity index (χ3n) is 10.3. The van der Waals surface area contributed by atoms with Crippen LogP contribution in [-0.4, -0.2) is 75.5 Å². The third kappa shape index (κ3) is 41.6. The Morgan fingerprint density at radius 2 is 0.934 bits per heavy atom. The van der Waals surface area contributed by atoms with Gasteiger partial charge in [0.15, 0.2) is 6.10 Å². The normalized spacial score (nSPS) is 13.7. The van der Waals surface area contributed by atoms with E-state index in [9.17, 15) is 19.5 Å². The van der Waals surface area contributed by atoms with Crippen LogP contribution in [-0.2, 0) is 28.6 Å². The number of esters is 2. The first-order valence-corrected chi connectivity index (χ1v) is 24.1. The molecular formula is C53H89NO7. The fraction of sp³-hybridized carbons (Fsp3) is 0.679. The van der Waals surface area contributed by atoms with Crippen molar-refractivity contribution in [3.63, 3.8) is 0 Å². The third-order valence-corrected chi connectivity index (χ3v) is 10.3. The van der Waals surface area contributed by atoms with Gasteiger partial charge in [-0.05, 0) is 83.5 Å². The Labute approximate surface area is 373 Å². The van der Waals surface area contributed by atoms with E-state index in [4.69, 9.17) is 14.2 Å². The number of ether oxygens (including phenoxy) is 3. The van der Waals surface area contributed by atoms with E-state index in [0.29, 0.717) is 12.8 Å². The second-order valence-corrected chi connectivity index (χ2v) is 17.0. The molecule has 0 N–H and O–H groups in total. The van der Waals surface area contributed by atoms with Crippen molar-refractivity contribution in [2.24, 2.45) is 0 Å². The van der Waals surface area contributed by atoms with Gasteiger partial charge in [0.1, 0.15) is 12.6 Å². The van der Waals surface area contributed by atoms with E-state index >= 15 is 0 Å². The Morgan fingerprint density at radius 3 is 1.41 bits per heavy atom. The van der Waals surface area contributed by atoms with E-state index in [0.717, 1.165) is 77.0 Å². The van der Waals surface area contributed by atoms with Crippen LogP contribution >= 0.6 is 0 Å². The monoisotopic (exact) mass is 852 g/mol. The predicted octanol–water partition coefficient (Wildman–Crippen LogP) is 12.4. The minimum absolute atomic E-state index is 0.0126. The van der Waals surface area contributed by atoms with Gasteiger partial charge in [0.05, 0.1) is 40.3 Å². The number of hydrogen-bond acceptors (Lipinski definition) is 7. The first kappa shape index (κ1) is 57.5. The summed E-state index contributed by atoms with van der Waals surface area (Å²) in [7, 11) is 5.38. The van der Waals surface area contributed by atoms with Crippen molar-refractivity contribution >= 4 is 17.9 Å². The van der Waals surface area contributed by atoms with Crippen molar-refractivity contribution in [1.29, 1.82) is 0 Å². The van der Waals surface area contributed by atoms with Gasteiger partial charge in [0, 0.05) is 19.3 Å². The lowest BCUT2D eigenvalue weighted by molar-refractivity contribution is -0.889. The maximum atomic E-state index is 12.7. The fourth-order valence-corrected chi connectivity index (χ4v) is 6.55. The molecule has 0 radical (unpaired) electrons. The van der Waals surface area contributed by atoms with Gasteiger partial charge >= 0.3 is 11.9 Å². The average Bonchev–Trinajstić information content (AvgIpc) is 3.22. The number of hydrogen-bond donors (Lipinski definition) is 0. The average molecular weight is 852 g/mol. The fourth-order valence-electron chi connectivity index (χ4n) is 6.55. The Bertz CT molecular complexity index is 1270. The number of nitrogens with zero attached hydrogens (tertiary/aromatic N) is 1. The van der Waals surface area contributed by atoms with E-state index in [-0.39, 0.29) is 49.1 Å². The number of quaternary nitrogens is 1. The molecule has 348 valence electrons.